The van der Waals surface area contributed by atoms with Gasteiger partial charge in [0, 0.05) is 5.69 Å². The van der Waals surface area contributed by atoms with Crippen LogP contribution in [-0.2, 0) is 4.79 Å². The maximum absolute atomic E-state index is 12.3. The second-order valence-corrected chi connectivity index (χ2v) is 5.49. The van der Waals surface area contributed by atoms with Crippen LogP contribution in [0.15, 0.2) is 66.7 Å². The van der Waals surface area contributed by atoms with Crippen molar-refractivity contribution >= 4 is 22.4 Å². The van der Waals surface area contributed by atoms with E-state index in [4.69, 9.17) is 9.47 Å². The number of hydrogen-bond donors (Lipinski definition) is 1. The third kappa shape index (κ3) is 3.66. The van der Waals surface area contributed by atoms with E-state index >= 15 is 0 Å². The van der Waals surface area contributed by atoms with Crippen molar-refractivity contribution in [2.75, 3.05) is 12.4 Å². The van der Waals surface area contributed by atoms with Crippen LogP contribution in [0.1, 0.15) is 6.92 Å². The molecule has 0 spiro atoms. The summed E-state index contributed by atoms with van der Waals surface area (Å²) in [5.74, 6) is 1.22. The summed E-state index contributed by atoms with van der Waals surface area (Å²) >= 11 is 0. The molecule has 0 aromatic heterocycles. The van der Waals surface area contributed by atoms with Crippen molar-refractivity contribution in [3.63, 3.8) is 0 Å². The van der Waals surface area contributed by atoms with Gasteiger partial charge >= 0.3 is 0 Å². The summed E-state index contributed by atoms with van der Waals surface area (Å²) < 4.78 is 10.9. The van der Waals surface area contributed by atoms with E-state index in [2.05, 4.69) is 5.32 Å². The molecule has 0 radical (unpaired) electrons. The Labute approximate surface area is 141 Å². The summed E-state index contributed by atoms with van der Waals surface area (Å²) in [6, 6.07) is 21.0. The number of carbonyl (C=O) groups excluding carboxylic acids is 1. The molecule has 122 valence electrons. The van der Waals surface area contributed by atoms with Crippen molar-refractivity contribution in [1.82, 2.24) is 0 Å². The van der Waals surface area contributed by atoms with Crippen LogP contribution in [0.2, 0.25) is 0 Å². The first-order valence-corrected chi connectivity index (χ1v) is 7.76. The molecule has 0 bridgehead atoms. The first-order valence-electron chi connectivity index (χ1n) is 7.76. The first kappa shape index (κ1) is 15.9. The zero-order valence-electron chi connectivity index (χ0n) is 13.7. The second kappa shape index (κ2) is 7.04. The number of anilines is 1. The maximum atomic E-state index is 12.3. The summed E-state index contributed by atoms with van der Waals surface area (Å²) in [4.78, 5) is 12.3. The molecule has 0 unspecified atom stereocenters. The Morgan fingerprint density at radius 2 is 1.58 bits per heavy atom. The van der Waals surface area contributed by atoms with Crippen molar-refractivity contribution in [2.24, 2.45) is 0 Å². The molecule has 3 rings (SSSR count). The van der Waals surface area contributed by atoms with Crippen LogP contribution in [0.4, 0.5) is 5.69 Å². The minimum absolute atomic E-state index is 0.201. The quantitative estimate of drug-likeness (QED) is 0.764. The zero-order valence-corrected chi connectivity index (χ0v) is 13.7. The molecule has 0 aliphatic rings. The average Bonchev–Trinajstić information content (AvgIpc) is 2.62. The van der Waals surface area contributed by atoms with E-state index in [9.17, 15) is 4.79 Å². The van der Waals surface area contributed by atoms with E-state index in [1.807, 2.05) is 42.5 Å². The molecule has 0 aliphatic carbocycles. The summed E-state index contributed by atoms with van der Waals surface area (Å²) in [5.41, 5.74) is 0.703. The second-order valence-electron chi connectivity index (χ2n) is 5.49. The third-order valence-electron chi connectivity index (χ3n) is 3.76. The summed E-state index contributed by atoms with van der Waals surface area (Å²) in [6.07, 6.45) is -0.603. The number of methoxy groups -OCH3 is 1. The van der Waals surface area contributed by atoms with Gasteiger partial charge in [-0.2, -0.15) is 0 Å². The van der Waals surface area contributed by atoms with E-state index in [0.29, 0.717) is 11.4 Å². The van der Waals surface area contributed by atoms with Crippen LogP contribution in [0.5, 0.6) is 11.5 Å². The van der Waals surface area contributed by atoms with E-state index in [0.717, 1.165) is 16.5 Å². The molecule has 1 amide bonds. The topological polar surface area (TPSA) is 47.6 Å². The molecule has 1 N–H and O–H groups in total. The lowest BCUT2D eigenvalue weighted by Gasteiger charge is -2.15. The molecule has 0 fully saturated rings. The minimum atomic E-state index is -0.603. The van der Waals surface area contributed by atoms with Crippen molar-refractivity contribution in [3.05, 3.63) is 66.7 Å². The van der Waals surface area contributed by atoms with E-state index in [-0.39, 0.29) is 5.91 Å². The van der Waals surface area contributed by atoms with Gasteiger partial charge in [0.05, 0.1) is 7.11 Å². The lowest BCUT2D eigenvalue weighted by atomic mass is 10.1. The Kier molecular flexibility index (Phi) is 4.66. The van der Waals surface area contributed by atoms with Gasteiger partial charge in [0.2, 0.25) is 0 Å². The Balaban J connectivity index is 1.65. The minimum Gasteiger partial charge on any atom is -0.497 e. The SMILES string of the molecule is COc1ccc(NC(=O)[C@@H](C)Oc2ccc3ccccc3c2)cc1. The molecular formula is C20H19NO3. The van der Waals surface area contributed by atoms with Gasteiger partial charge in [-0.05, 0) is 54.1 Å². The average molecular weight is 321 g/mol. The highest BCUT2D eigenvalue weighted by atomic mass is 16.5. The number of hydrogen-bond acceptors (Lipinski definition) is 3. The fourth-order valence-electron chi connectivity index (χ4n) is 2.42. The van der Waals surface area contributed by atoms with Crippen LogP contribution in [0.25, 0.3) is 10.8 Å². The summed E-state index contributed by atoms with van der Waals surface area (Å²) in [5, 5.41) is 5.05. The number of fused-ring (bicyclic) bond motifs is 1. The highest BCUT2D eigenvalue weighted by molar-refractivity contribution is 5.94. The van der Waals surface area contributed by atoms with Crippen molar-refractivity contribution in [1.29, 1.82) is 0 Å². The van der Waals surface area contributed by atoms with Crippen molar-refractivity contribution in [2.45, 2.75) is 13.0 Å². The van der Waals surface area contributed by atoms with Gasteiger partial charge in [0.15, 0.2) is 6.10 Å². The molecule has 1 atom stereocenters. The largest absolute Gasteiger partial charge is 0.497 e. The molecule has 4 nitrogen and oxygen atoms in total. The molecule has 0 heterocycles. The van der Waals surface area contributed by atoms with Crippen LogP contribution in [0.3, 0.4) is 0 Å². The van der Waals surface area contributed by atoms with Gasteiger partial charge in [0.1, 0.15) is 11.5 Å². The number of rotatable bonds is 5. The molecule has 3 aromatic carbocycles. The molecular weight excluding hydrogens is 302 g/mol. The molecule has 4 heteroatoms. The fraction of sp³-hybridized carbons (Fsp3) is 0.150. The Morgan fingerprint density at radius 3 is 2.29 bits per heavy atom. The van der Waals surface area contributed by atoms with Gasteiger partial charge in [-0.3, -0.25) is 4.79 Å². The van der Waals surface area contributed by atoms with Gasteiger partial charge in [-0.15, -0.1) is 0 Å². The lowest BCUT2D eigenvalue weighted by molar-refractivity contribution is -0.122. The summed E-state index contributed by atoms with van der Waals surface area (Å²) in [6.45, 7) is 1.73. The van der Waals surface area contributed by atoms with Crippen molar-refractivity contribution < 1.29 is 14.3 Å². The van der Waals surface area contributed by atoms with Gasteiger partial charge in [-0.1, -0.05) is 30.3 Å². The van der Waals surface area contributed by atoms with E-state index < -0.39 is 6.10 Å². The predicted octanol–water partition coefficient (Wildman–Crippen LogP) is 4.25. The number of amides is 1. The van der Waals surface area contributed by atoms with Gasteiger partial charge in [-0.25, -0.2) is 0 Å². The van der Waals surface area contributed by atoms with Crippen LogP contribution >= 0.6 is 0 Å². The Bertz CT molecular complexity index is 843. The molecule has 0 aliphatic heterocycles. The number of ether oxygens (including phenoxy) is 2. The van der Waals surface area contributed by atoms with Crippen LogP contribution in [-0.4, -0.2) is 19.1 Å². The highest BCUT2D eigenvalue weighted by Crippen LogP contribution is 2.22. The monoisotopic (exact) mass is 321 g/mol. The summed E-state index contributed by atoms with van der Waals surface area (Å²) in [7, 11) is 1.60. The Hall–Kier alpha value is -3.01. The van der Waals surface area contributed by atoms with Crippen molar-refractivity contribution in [3.8, 4) is 11.5 Å². The maximum Gasteiger partial charge on any atom is 0.265 e. The number of benzene rings is 3. The standard InChI is InChI=1S/C20H19NO3/c1-14(20(22)21-17-8-11-18(23-2)12-9-17)24-19-10-7-15-5-3-4-6-16(15)13-19/h3-14H,1-2H3,(H,21,22)/t14-/m1/s1. The smallest absolute Gasteiger partial charge is 0.265 e. The third-order valence-corrected chi connectivity index (χ3v) is 3.76. The van der Waals surface area contributed by atoms with Gasteiger partial charge in [0.25, 0.3) is 5.91 Å². The molecule has 0 saturated heterocycles. The molecule has 0 saturated carbocycles. The van der Waals surface area contributed by atoms with Gasteiger partial charge < -0.3 is 14.8 Å². The molecule has 3 aromatic rings. The first-order chi connectivity index (χ1) is 11.7. The predicted molar refractivity (Wildman–Crippen MR) is 95.7 cm³/mol. The molecule has 24 heavy (non-hydrogen) atoms. The number of carbonyl (C=O) groups is 1. The Morgan fingerprint density at radius 1 is 0.917 bits per heavy atom. The van der Waals surface area contributed by atoms with Crippen LogP contribution in [0, 0.1) is 0 Å². The van der Waals surface area contributed by atoms with E-state index in [1.54, 1.807) is 38.3 Å². The van der Waals surface area contributed by atoms with Crippen LogP contribution < -0.4 is 14.8 Å². The van der Waals surface area contributed by atoms with E-state index in [1.165, 1.54) is 0 Å². The highest BCUT2D eigenvalue weighted by Gasteiger charge is 2.15. The zero-order chi connectivity index (χ0) is 16.9. The normalized spacial score (nSPS) is 11.8. The lowest BCUT2D eigenvalue weighted by Crippen LogP contribution is -2.30. The fourth-order valence-corrected chi connectivity index (χ4v) is 2.42. The number of nitrogens with one attached hydrogen (secondary N) is 1.